The van der Waals surface area contributed by atoms with Crippen LogP contribution in [0, 0.1) is 24.2 Å². The van der Waals surface area contributed by atoms with Crippen LogP contribution >= 0.6 is 0 Å². The minimum absolute atomic E-state index is 0.0171. The molecule has 0 saturated heterocycles. The van der Waals surface area contributed by atoms with E-state index >= 15 is 0 Å². The van der Waals surface area contributed by atoms with Gasteiger partial charge in [-0.05, 0) is 36.6 Å². The summed E-state index contributed by atoms with van der Waals surface area (Å²) in [6.07, 6.45) is 0.0622. The third-order valence-electron chi connectivity index (χ3n) is 3.38. The molecule has 1 rings (SSSR count). The van der Waals surface area contributed by atoms with Crippen molar-refractivity contribution in [2.24, 2.45) is 5.92 Å². The van der Waals surface area contributed by atoms with Gasteiger partial charge in [-0.3, -0.25) is 0 Å². The molecule has 0 aromatic heterocycles. The Morgan fingerprint density at radius 3 is 2.60 bits per heavy atom. The number of benzene rings is 1. The van der Waals surface area contributed by atoms with Gasteiger partial charge in [0, 0.05) is 6.54 Å². The Morgan fingerprint density at radius 1 is 1.45 bits per heavy atom. The highest BCUT2D eigenvalue weighted by atomic mass is 32.2. The fraction of sp³-hybridized carbons (Fsp3) is 0.500. The average molecular weight is 296 g/mol. The van der Waals surface area contributed by atoms with Gasteiger partial charge in [-0.25, -0.2) is 13.1 Å². The van der Waals surface area contributed by atoms with Crippen LogP contribution in [0.1, 0.15) is 31.4 Å². The van der Waals surface area contributed by atoms with Gasteiger partial charge in [0.15, 0.2) is 0 Å². The lowest BCUT2D eigenvalue weighted by Gasteiger charge is -2.18. The number of nitrogens with zero attached hydrogens (tertiary/aromatic N) is 1. The highest BCUT2D eigenvalue weighted by molar-refractivity contribution is 7.89. The summed E-state index contributed by atoms with van der Waals surface area (Å²) in [4.78, 5) is 0.132. The number of hydrogen-bond acceptors (Lipinski definition) is 4. The molecule has 0 bridgehead atoms. The quantitative estimate of drug-likeness (QED) is 0.833. The minimum Gasteiger partial charge on any atom is -0.391 e. The zero-order valence-corrected chi connectivity index (χ0v) is 12.7. The summed E-state index contributed by atoms with van der Waals surface area (Å²) in [6.45, 7) is 5.43. The smallest absolute Gasteiger partial charge is 0.240 e. The fourth-order valence-electron chi connectivity index (χ4n) is 1.77. The van der Waals surface area contributed by atoms with E-state index in [1.54, 1.807) is 6.92 Å². The molecule has 0 aliphatic rings. The van der Waals surface area contributed by atoms with Gasteiger partial charge in [0.2, 0.25) is 10.0 Å². The van der Waals surface area contributed by atoms with Crippen LogP contribution in [0.15, 0.2) is 23.1 Å². The van der Waals surface area contributed by atoms with E-state index in [9.17, 15) is 13.5 Å². The maximum absolute atomic E-state index is 12.2. The fourth-order valence-corrected chi connectivity index (χ4v) is 3.04. The van der Waals surface area contributed by atoms with Crippen LogP contribution in [-0.2, 0) is 10.0 Å². The van der Waals surface area contributed by atoms with Crippen LogP contribution in [0.2, 0.25) is 0 Å². The van der Waals surface area contributed by atoms with Crippen LogP contribution in [0.4, 0.5) is 0 Å². The van der Waals surface area contributed by atoms with Crippen molar-refractivity contribution in [1.29, 1.82) is 5.26 Å². The molecule has 1 aromatic carbocycles. The first-order valence-electron chi connectivity index (χ1n) is 6.50. The van der Waals surface area contributed by atoms with E-state index in [1.165, 1.54) is 18.2 Å². The van der Waals surface area contributed by atoms with Crippen LogP contribution in [0.3, 0.4) is 0 Å². The zero-order chi connectivity index (χ0) is 15.3. The second-order valence-corrected chi connectivity index (χ2v) is 6.63. The number of hydrogen-bond donors (Lipinski definition) is 2. The number of sulfonamides is 1. The van der Waals surface area contributed by atoms with E-state index in [2.05, 4.69) is 4.72 Å². The molecule has 0 heterocycles. The van der Waals surface area contributed by atoms with Gasteiger partial charge in [0.25, 0.3) is 0 Å². The van der Waals surface area contributed by atoms with Crippen LogP contribution < -0.4 is 4.72 Å². The van der Waals surface area contributed by atoms with E-state index in [4.69, 9.17) is 5.26 Å². The zero-order valence-electron chi connectivity index (χ0n) is 11.9. The highest BCUT2D eigenvalue weighted by Crippen LogP contribution is 2.16. The summed E-state index contributed by atoms with van der Waals surface area (Å²) >= 11 is 0. The summed E-state index contributed by atoms with van der Waals surface area (Å²) in [6, 6.07) is 6.36. The minimum atomic E-state index is -3.67. The van der Waals surface area contributed by atoms with Crippen molar-refractivity contribution in [1.82, 2.24) is 4.72 Å². The van der Waals surface area contributed by atoms with Crippen molar-refractivity contribution >= 4 is 10.0 Å². The monoisotopic (exact) mass is 296 g/mol. The molecule has 0 radical (unpaired) electrons. The predicted octanol–water partition coefficient (Wildman–Crippen LogP) is 1.55. The van der Waals surface area contributed by atoms with Crippen molar-refractivity contribution in [3.05, 3.63) is 29.3 Å². The van der Waals surface area contributed by atoms with Crippen LogP contribution in [0.25, 0.3) is 0 Å². The SMILES string of the molecule is CCC(C)C(O)CNS(=O)(=O)c1ccc(C#N)cc1C. The number of nitriles is 1. The number of nitrogens with one attached hydrogen (secondary N) is 1. The normalized spacial score (nSPS) is 14.6. The second-order valence-electron chi connectivity index (χ2n) is 4.90. The highest BCUT2D eigenvalue weighted by Gasteiger charge is 2.20. The lowest BCUT2D eigenvalue weighted by Crippen LogP contribution is -2.35. The molecule has 0 amide bonds. The number of aryl methyl sites for hydroxylation is 1. The van der Waals surface area contributed by atoms with Gasteiger partial charge in [-0.2, -0.15) is 5.26 Å². The summed E-state index contributed by atoms with van der Waals surface area (Å²) in [5, 5.41) is 18.6. The van der Waals surface area contributed by atoms with Crippen LogP contribution in [-0.4, -0.2) is 26.2 Å². The molecule has 2 atom stereocenters. The summed E-state index contributed by atoms with van der Waals surface area (Å²) in [5.74, 6) is 0.0276. The average Bonchev–Trinajstić information content (AvgIpc) is 2.43. The molecule has 0 aliphatic heterocycles. The first-order chi connectivity index (χ1) is 9.31. The summed E-state index contributed by atoms with van der Waals surface area (Å²) < 4.78 is 26.7. The Labute approximate surface area is 120 Å². The van der Waals surface area contributed by atoms with Gasteiger partial charge in [-0.1, -0.05) is 20.3 Å². The van der Waals surface area contributed by atoms with E-state index in [0.717, 1.165) is 6.42 Å². The molecule has 2 unspecified atom stereocenters. The Hall–Kier alpha value is -1.42. The third kappa shape index (κ3) is 4.04. The molecule has 110 valence electrons. The summed E-state index contributed by atoms with van der Waals surface area (Å²) in [5.41, 5.74) is 0.927. The van der Waals surface area contributed by atoms with Crippen molar-refractivity contribution in [2.75, 3.05) is 6.54 Å². The van der Waals surface area contributed by atoms with Gasteiger partial charge >= 0.3 is 0 Å². The van der Waals surface area contributed by atoms with Gasteiger partial charge in [0.05, 0.1) is 22.6 Å². The topological polar surface area (TPSA) is 90.2 Å². The molecule has 5 nitrogen and oxygen atoms in total. The lowest BCUT2D eigenvalue weighted by molar-refractivity contribution is 0.118. The number of rotatable bonds is 6. The Morgan fingerprint density at radius 2 is 2.10 bits per heavy atom. The number of aliphatic hydroxyl groups excluding tert-OH is 1. The largest absolute Gasteiger partial charge is 0.391 e. The molecular weight excluding hydrogens is 276 g/mol. The van der Waals surface area contributed by atoms with E-state index < -0.39 is 16.1 Å². The maximum atomic E-state index is 12.2. The lowest BCUT2D eigenvalue weighted by atomic mass is 10.0. The molecule has 0 spiro atoms. The number of aliphatic hydroxyl groups is 1. The van der Waals surface area contributed by atoms with Crippen molar-refractivity contribution in [2.45, 2.75) is 38.2 Å². The molecule has 6 heteroatoms. The molecule has 0 aliphatic carbocycles. The molecule has 1 aromatic rings. The molecule has 20 heavy (non-hydrogen) atoms. The standard InChI is InChI=1S/C14H20N2O3S/c1-4-10(2)13(17)9-16-20(18,19)14-6-5-12(8-15)7-11(14)3/h5-7,10,13,16-17H,4,9H2,1-3H3. The Bertz CT molecular complexity index is 605. The molecular formula is C14H20N2O3S. The van der Waals surface area contributed by atoms with Crippen LogP contribution in [0.5, 0.6) is 0 Å². The first kappa shape index (κ1) is 16.6. The molecule has 0 fully saturated rings. The van der Waals surface area contributed by atoms with Gasteiger partial charge < -0.3 is 5.11 Å². The summed E-state index contributed by atoms with van der Waals surface area (Å²) in [7, 11) is -3.67. The van der Waals surface area contributed by atoms with E-state index in [0.29, 0.717) is 11.1 Å². The first-order valence-corrected chi connectivity index (χ1v) is 7.98. The Balaban J connectivity index is 2.87. The van der Waals surface area contributed by atoms with E-state index in [1.807, 2.05) is 19.9 Å². The Kier molecular flexibility index (Phi) is 5.69. The predicted molar refractivity (Wildman–Crippen MR) is 76.5 cm³/mol. The molecule has 2 N–H and O–H groups in total. The van der Waals surface area contributed by atoms with E-state index in [-0.39, 0.29) is 17.4 Å². The van der Waals surface area contributed by atoms with Crippen molar-refractivity contribution in [3.8, 4) is 6.07 Å². The second kappa shape index (κ2) is 6.84. The third-order valence-corrected chi connectivity index (χ3v) is 4.96. The van der Waals surface area contributed by atoms with Crippen molar-refractivity contribution < 1.29 is 13.5 Å². The molecule has 0 saturated carbocycles. The van der Waals surface area contributed by atoms with Gasteiger partial charge in [-0.15, -0.1) is 0 Å². The maximum Gasteiger partial charge on any atom is 0.240 e. The van der Waals surface area contributed by atoms with Crippen molar-refractivity contribution in [3.63, 3.8) is 0 Å². The van der Waals surface area contributed by atoms with Gasteiger partial charge in [0.1, 0.15) is 0 Å².